The lowest BCUT2D eigenvalue weighted by Crippen LogP contribution is -2.25. The second-order valence-electron chi connectivity index (χ2n) is 3.37. The zero-order chi connectivity index (χ0) is 9.10. The molecule has 1 aromatic rings. The third-order valence-electron chi connectivity index (χ3n) is 2.48. The first-order chi connectivity index (χ1) is 6.42. The van der Waals surface area contributed by atoms with Gasteiger partial charge in [0, 0.05) is 6.54 Å². The molecule has 13 heavy (non-hydrogen) atoms. The van der Waals surface area contributed by atoms with E-state index in [9.17, 15) is 0 Å². The van der Waals surface area contributed by atoms with Crippen molar-refractivity contribution in [3.05, 3.63) is 35.4 Å². The first-order valence-corrected chi connectivity index (χ1v) is 4.76. The smallest absolute Gasteiger partial charge is 0.0951 e. The van der Waals surface area contributed by atoms with E-state index in [0.717, 1.165) is 19.6 Å². The van der Waals surface area contributed by atoms with Crippen molar-refractivity contribution in [2.24, 2.45) is 0 Å². The van der Waals surface area contributed by atoms with Crippen LogP contribution in [-0.2, 0) is 11.2 Å². The van der Waals surface area contributed by atoms with E-state index in [1.165, 1.54) is 11.1 Å². The number of nitrogens with one attached hydrogen (secondary N) is 1. The van der Waals surface area contributed by atoms with Crippen LogP contribution in [0.1, 0.15) is 17.2 Å². The molecule has 1 heterocycles. The first-order valence-electron chi connectivity index (χ1n) is 4.76. The van der Waals surface area contributed by atoms with Gasteiger partial charge < -0.3 is 10.1 Å². The SMILES string of the molecule is CNC[C@@H]1OCCc2ccccc21. The Balaban J connectivity index is 2.26. The van der Waals surface area contributed by atoms with Crippen LogP contribution in [0.5, 0.6) is 0 Å². The van der Waals surface area contributed by atoms with Crippen molar-refractivity contribution in [2.45, 2.75) is 12.5 Å². The molecular weight excluding hydrogens is 162 g/mol. The summed E-state index contributed by atoms with van der Waals surface area (Å²) in [6, 6.07) is 8.54. The van der Waals surface area contributed by atoms with Crippen LogP contribution in [0.25, 0.3) is 0 Å². The largest absolute Gasteiger partial charge is 0.372 e. The quantitative estimate of drug-likeness (QED) is 0.739. The minimum atomic E-state index is 0.245. The van der Waals surface area contributed by atoms with Crippen LogP contribution in [0.2, 0.25) is 0 Å². The minimum absolute atomic E-state index is 0.245. The summed E-state index contributed by atoms with van der Waals surface area (Å²) >= 11 is 0. The molecule has 2 nitrogen and oxygen atoms in total. The molecule has 0 saturated carbocycles. The summed E-state index contributed by atoms with van der Waals surface area (Å²) in [5.74, 6) is 0. The molecule has 1 N–H and O–H groups in total. The molecule has 1 aromatic carbocycles. The van der Waals surface area contributed by atoms with Gasteiger partial charge in [-0.15, -0.1) is 0 Å². The summed E-state index contributed by atoms with van der Waals surface area (Å²) < 4.78 is 5.68. The molecular formula is C11H15NO. The average molecular weight is 177 g/mol. The van der Waals surface area contributed by atoms with Crippen LogP contribution < -0.4 is 5.32 Å². The molecule has 0 radical (unpaired) electrons. The van der Waals surface area contributed by atoms with E-state index in [0.29, 0.717) is 0 Å². The summed E-state index contributed by atoms with van der Waals surface area (Å²) in [6.45, 7) is 1.75. The highest BCUT2D eigenvalue weighted by atomic mass is 16.5. The van der Waals surface area contributed by atoms with Crippen LogP contribution >= 0.6 is 0 Å². The van der Waals surface area contributed by atoms with Crippen molar-refractivity contribution in [1.29, 1.82) is 0 Å². The number of likely N-dealkylation sites (N-methyl/N-ethyl adjacent to an activating group) is 1. The molecule has 2 heteroatoms. The Hall–Kier alpha value is -0.860. The van der Waals surface area contributed by atoms with Crippen molar-refractivity contribution in [3.63, 3.8) is 0 Å². The molecule has 70 valence electrons. The summed E-state index contributed by atoms with van der Waals surface area (Å²) in [4.78, 5) is 0. The summed E-state index contributed by atoms with van der Waals surface area (Å²) in [7, 11) is 1.96. The Labute approximate surface area is 78.9 Å². The molecule has 1 aliphatic rings. The van der Waals surface area contributed by atoms with E-state index in [-0.39, 0.29) is 6.10 Å². The third-order valence-corrected chi connectivity index (χ3v) is 2.48. The second kappa shape index (κ2) is 3.90. The molecule has 0 unspecified atom stereocenters. The summed E-state index contributed by atoms with van der Waals surface area (Å²) in [6.07, 6.45) is 1.30. The highest BCUT2D eigenvalue weighted by Gasteiger charge is 2.18. The van der Waals surface area contributed by atoms with Gasteiger partial charge >= 0.3 is 0 Å². The van der Waals surface area contributed by atoms with Gasteiger partial charge in [0.2, 0.25) is 0 Å². The fourth-order valence-corrected chi connectivity index (χ4v) is 1.83. The van der Waals surface area contributed by atoms with Crippen molar-refractivity contribution < 1.29 is 4.74 Å². The Morgan fingerprint density at radius 3 is 3.15 bits per heavy atom. The van der Waals surface area contributed by atoms with E-state index in [1.807, 2.05) is 7.05 Å². The van der Waals surface area contributed by atoms with E-state index in [4.69, 9.17) is 4.74 Å². The molecule has 0 aromatic heterocycles. The lowest BCUT2D eigenvalue weighted by molar-refractivity contribution is 0.0438. The zero-order valence-corrected chi connectivity index (χ0v) is 7.92. The Kier molecular flexibility index (Phi) is 2.62. The molecule has 0 saturated heterocycles. The van der Waals surface area contributed by atoms with Gasteiger partial charge in [-0.1, -0.05) is 24.3 Å². The predicted octanol–water partition coefficient (Wildman–Crippen LogP) is 1.52. The van der Waals surface area contributed by atoms with Gasteiger partial charge in [0.25, 0.3) is 0 Å². The van der Waals surface area contributed by atoms with Crippen molar-refractivity contribution in [3.8, 4) is 0 Å². The Bertz CT molecular complexity index is 285. The Morgan fingerprint density at radius 2 is 2.31 bits per heavy atom. The molecule has 0 spiro atoms. The average Bonchev–Trinajstić information content (AvgIpc) is 2.19. The highest BCUT2D eigenvalue weighted by molar-refractivity contribution is 5.31. The maximum absolute atomic E-state index is 5.68. The van der Waals surface area contributed by atoms with Gasteiger partial charge in [-0.25, -0.2) is 0 Å². The number of fused-ring (bicyclic) bond motifs is 1. The van der Waals surface area contributed by atoms with Crippen molar-refractivity contribution >= 4 is 0 Å². The lowest BCUT2D eigenvalue weighted by atomic mass is 9.98. The molecule has 0 fully saturated rings. The standard InChI is InChI=1S/C11H15NO/c1-12-8-11-10-5-3-2-4-9(10)6-7-13-11/h2-5,11-12H,6-8H2,1H3/t11-/m0/s1. The van der Waals surface area contributed by atoms with Gasteiger partial charge in [0.05, 0.1) is 12.7 Å². The Morgan fingerprint density at radius 1 is 1.46 bits per heavy atom. The van der Waals surface area contributed by atoms with E-state index in [2.05, 4.69) is 29.6 Å². The number of benzene rings is 1. The molecule has 1 aliphatic heterocycles. The van der Waals surface area contributed by atoms with Crippen molar-refractivity contribution in [2.75, 3.05) is 20.2 Å². The van der Waals surface area contributed by atoms with Gasteiger partial charge in [-0.05, 0) is 24.6 Å². The molecule has 0 bridgehead atoms. The van der Waals surface area contributed by atoms with E-state index in [1.54, 1.807) is 0 Å². The fraction of sp³-hybridized carbons (Fsp3) is 0.455. The van der Waals surface area contributed by atoms with Gasteiger partial charge in [-0.3, -0.25) is 0 Å². The number of rotatable bonds is 2. The van der Waals surface area contributed by atoms with Crippen LogP contribution in [-0.4, -0.2) is 20.2 Å². The first kappa shape index (κ1) is 8.73. The van der Waals surface area contributed by atoms with Gasteiger partial charge in [-0.2, -0.15) is 0 Å². The van der Waals surface area contributed by atoms with Gasteiger partial charge in [0.1, 0.15) is 0 Å². The molecule has 0 aliphatic carbocycles. The van der Waals surface area contributed by atoms with Crippen LogP contribution in [0.3, 0.4) is 0 Å². The third kappa shape index (κ3) is 1.74. The molecule has 1 atom stereocenters. The maximum atomic E-state index is 5.68. The highest BCUT2D eigenvalue weighted by Crippen LogP contribution is 2.25. The normalized spacial score (nSPS) is 21.2. The number of ether oxygens (including phenoxy) is 1. The fourth-order valence-electron chi connectivity index (χ4n) is 1.83. The zero-order valence-electron chi connectivity index (χ0n) is 7.92. The molecule has 0 amide bonds. The predicted molar refractivity (Wildman–Crippen MR) is 52.8 cm³/mol. The monoisotopic (exact) mass is 177 g/mol. The van der Waals surface area contributed by atoms with Crippen LogP contribution in [0.4, 0.5) is 0 Å². The minimum Gasteiger partial charge on any atom is -0.372 e. The van der Waals surface area contributed by atoms with Crippen LogP contribution in [0.15, 0.2) is 24.3 Å². The summed E-state index contributed by atoms with van der Waals surface area (Å²) in [5, 5.41) is 3.15. The summed E-state index contributed by atoms with van der Waals surface area (Å²) in [5.41, 5.74) is 2.79. The van der Waals surface area contributed by atoms with Gasteiger partial charge in [0.15, 0.2) is 0 Å². The topological polar surface area (TPSA) is 21.3 Å². The number of hydrogen-bond donors (Lipinski definition) is 1. The van der Waals surface area contributed by atoms with Crippen molar-refractivity contribution in [1.82, 2.24) is 5.32 Å². The van der Waals surface area contributed by atoms with E-state index < -0.39 is 0 Å². The lowest BCUT2D eigenvalue weighted by Gasteiger charge is -2.25. The van der Waals surface area contributed by atoms with Crippen LogP contribution in [0, 0.1) is 0 Å². The number of hydrogen-bond acceptors (Lipinski definition) is 2. The van der Waals surface area contributed by atoms with E-state index >= 15 is 0 Å². The second-order valence-corrected chi connectivity index (χ2v) is 3.37. The maximum Gasteiger partial charge on any atom is 0.0951 e. The molecule has 2 rings (SSSR count).